The van der Waals surface area contributed by atoms with Gasteiger partial charge < -0.3 is 19.3 Å². The topological polar surface area (TPSA) is 99.1 Å². The highest BCUT2D eigenvalue weighted by Gasteiger charge is 2.57. The fraction of sp³-hybridized carbons (Fsp3) is 0.300. The van der Waals surface area contributed by atoms with Gasteiger partial charge in [-0.25, -0.2) is 0 Å². The Morgan fingerprint density at radius 2 is 1.35 bits per heavy atom. The van der Waals surface area contributed by atoms with E-state index in [1.807, 2.05) is 60.7 Å². The van der Waals surface area contributed by atoms with E-state index in [9.17, 15) is 19.5 Å². The molecule has 0 bridgehead atoms. The summed E-state index contributed by atoms with van der Waals surface area (Å²) in [7, 11) is 1.53. The van der Waals surface area contributed by atoms with Gasteiger partial charge in [0.15, 0.2) is 5.78 Å². The van der Waals surface area contributed by atoms with Crippen molar-refractivity contribution in [1.82, 2.24) is 0 Å². The first-order valence-electron chi connectivity index (χ1n) is 12.1. The van der Waals surface area contributed by atoms with Gasteiger partial charge in [0.25, 0.3) is 0 Å². The Hall–Kier alpha value is -3.97. The molecule has 0 amide bonds. The molecule has 37 heavy (non-hydrogen) atoms. The highest BCUT2D eigenvalue weighted by molar-refractivity contribution is 6.02. The maximum absolute atomic E-state index is 13.5. The Morgan fingerprint density at radius 1 is 0.838 bits per heavy atom. The lowest BCUT2D eigenvalue weighted by Gasteiger charge is -2.43. The fourth-order valence-corrected chi connectivity index (χ4v) is 4.88. The predicted molar refractivity (Wildman–Crippen MR) is 135 cm³/mol. The SMILES string of the molecule is COc1ccc([C@@H]2[C@H](C(=O)OCc3ccccc3)C(=O)C[C@](C)(O)[C@H]2C(=O)OCc2ccccc2)cc1. The minimum atomic E-state index is -1.73. The average molecular weight is 503 g/mol. The predicted octanol–water partition coefficient (Wildman–Crippen LogP) is 4.22. The summed E-state index contributed by atoms with van der Waals surface area (Å²) >= 11 is 0. The highest BCUT2D eigenvalue weighted by atomic mass is 16.5. The number of carbonyl (C=O) groups excluding carboxylic acids is 3. The number of rotatable bonds is 8. The van der Waals surface area contributed by atoms with Gasteiger partial charge in [-0.05, 0) is 35.7 Å². The lowest BCUT2D eigenvalue weighted by Crippen LogP contribution is -2.55. The zero-order valence-corrected chi connectivity index (χ0v) is 20.8. The van der Waals surface area contributed by atoms with Crippen LogP contribution in [0.4, 0.5) is 0 Å². The molecule has 4 rings (SSSR count). The first kappa shape index (κ1) is 26.1. The molecule has 0 aliphatic heterocycles. The maximum Gasteiger partial charge on any atom is 0.317 e. The summed E-state index contributed by atoms with van der Waals surface area (Å²) in [6.07, 6.45) is -0.379. The minimum absolute atomic E-state index is 0.00134. The van der Waals surface area contributed by atoms with E-state index in [4.69, 9.17) is 14.2 Å². The van der Waals surface area contributed by atoms with Crippen LogP contribution in [0, 0.1) is 11.8 Å². The van der Waals surface area contributed by atoms with Crippen LogP contribution in [0.25, 0.3) is 0 Å². The molecule has 0 aromatic heterocycles. The third-order valence-electron chi connectivity index (χ3n) is 6.72. The molecule has 1 saturated carbocycles. The Kier molecular flexibility index (Phi) is 8.04. The van der Waals surface area contributed by atoms with Crippen molar-refractivity contribution in [3.8, 4) is 5.75 Å². The van der Waals surface area contributed by atoms with E-state index in [1.54, 1.807) is 24.3 Å². The van der Waals surface area contributed by atoms with Crippen molar-refractivity contribution in [3.63, 3.8) is 0 Å². The molecule has 7 nitrogen and oxygen atoms in total. The first-order valence-corrected chi connectivity index (χ1v) is 12.1. The van der Waals surface area contributed by atoms with E-state index in [0.717, 1.165) is 11.1 Å². The number of ether oxygens (including phenoxy) is 3. The summed E-state index contributed by atoms with van der Waals surface area (Å²) in [5, 5.41) is 11.3. The van der Waals surface area contributed by atoms with E-state index < -0.39 is 41.1 Å². The van der Waals surface area contributed by atoms with Crippen molar-refractivity contribution < 1.29 is 33.7 Å². The van der Waals surface area contributed by atoms with Crippen LogP contribution in [0.2, 0.25) is 0 Å². The van der Waals surface area contributed by atoms with Crippen LogP contribution >= 0.6 is 0 Å². The number of esters is 2. The van der Waals surface area contributed by atoms with Gasteiger partial charge in [0.1, 0.15) is 24.9 Å². The molecule has 0 heterocycles. The Labute approximate surface area is 216 Å². The van der Waals surface area contributed by atoms with E-state index in [2.05, 4.69) is 0 Å². The van der Waals surface area contributed by atoms with Gasteiger partial charge in [-0.3, -0.25) is 14.4 Å². The zero-order valence-electron chi connectivity index (χ0n) is 20.8. The summed E-state index contributed by atoms with van der Waals surface area (Å²) in [6.45, 7) is 1.42. The molecule has 1 aliphatic rings. The smallest absolute Gasteiger partial charge is 0.317 e. The normalized spacial score (nSPS) is 23.2. The van der Waals surface area contributed by atoms with Crippen LogP contribution in [0.3, 0.4) is 0 Å². The van der Waals surface area contributed by atoms with Crippen LogP contribution in [0.1, 0.15) is 36.0 Å². The lowest BCUT2D eigenvalue weighted by atomic mass is 9.61. The van der Waals surface area contributed by atoms with Crippen LogP contribution in [0.15, 0.2) is 84.9 Å². The molecule has 1 fully saturated rings. The molecule has 0 unspecified atom stereocenters. The number of carbonyl (C=O) groups is 3. The molecule has 0 saturated heterocycles. The third-order valence-corrected chi connectivity index (χ3v) is 6.72. The maximum atomic E-state index is 13.5. The summed E-state index contributed by atoms with van der Waals surface area (Å²) in [4.78, 5) is 40.1. The molecule has 3 aromatic carbocycles. The van der Waals surface area contributed by atoms with Crippen molar-refractivity contribution in [3.05, 3.63) is 102 Å². The summed E-state index contributed by atoms with van der Waals surface area (Å²) in [6, 6.07) is 25.0. The molecular weight excluding hydrogens is 472 g/mol. The van der Waals surface area contributed by atoms with Gasteiger partial charge in [0.05, 0.1) is 18.6 Å². The second-order valence-electron chi connectivity index (χ2n) is 9.44. The average Bonchev–Trinajstić information content (AvgIpc) is 2.90. The van der Waals surface area contributed by atoms with Crippen LogP contribution in [-0.2, 0) is 37.1 Å². The van der Waals surface area contributed by atoms with Crippen molar-refractivity contribution >= 4 is 17.7 Å². The zero-order chi connectivity index (χ0) is 26.4. The number of hydrogen-bond acceptors (Lipinski definition) is 7. The molecule has 7 heteroatoms. The highest BCUT2D eigenvalue weighted by Crippen LogP contribution is 2.47. The van der Waals surface area contributed by atoms with E-state index in [1.165, 1.54) is 14.0 Å². The van der Waals surface area contributed by atoms with Gasteiger partial charge in [0, 0.05) is 12.3 Å². The molecule has 192 valence electrons. The summed E-state index contributed by atoms with van der Waals surface area (Å²) < 4.78 is 16.4. The van der Waals surface area contributed by atoms with Gasteiger partial charge in [-0.15, -0.1) is 0 Å². The third kappa shape index (κ3) is 6.06. The largest absolute Gasteiger partial charge is 0.497 e. The van der Waals surface area contributed by atoms with Gasteiger partial charge in [-0.2, -0.15) is 0 Å². The Morgan fingerprint density at radius 3 is 1.86 bits per heavy atom. The second kappa shape index (κ2) is 11.4. The number of Topliss-reactive ketones (excluding diaryl/α,β-unsaturated/α-hetero) is 1. The Bertz CT molecular complexity index is 1220. The molecule has 1 N–H and O–H groups in total. The number of ketones is 1. The number of aliphatic hydroxyl groups is 1. The summed E-state index contributed by atoms with van der Waals surface area (Å²) in [5.41, 5.74) is 0.344. The minimum Gasteiger partial charge on any atom is -0.497 e. The van der Waals surface area contributed by atoms with Gasteiger partial charge in [-0.1, -0.05) is 72.8 Å². The first-order chi connectivity index (χ1) is 17.8. The number of benzene rings is 3. The summed E-state index contributed by atoms with van der Waals surface area (Å²) in [5.74, 6) is -4.81. The Balaban J connectivity index is 1.67. The van der Waals surface area contributed by atoms with Crippen molar-refractivity contribution in [2.24, 2.45) is 11.8 Å². The molecule has 4 atom stereocenters. The van der Waals surface area contributed by atoms with Gasteiger partial charge >= 0.3 is 11.9 Å². The van der Waals surface area contributed by atoms with Crippen molar-refractivity contribution in [1.29, 1.82) is 0 Å². The molecule has 0 spiro atoms. The van der Waals surface area contributed by atoms with Crippen LogP contribution in [0.5, 0.6) is 5.75 Å². The quantitative estimate of drug-likeness (QED) is 0.364. The van der Waals surface area contributed by atoms with E-state index in [0.29, 0.717) is 11.3 Å². The van der Waals surface area contributed by atoms with E-state index in [-0.39, 0.29) is 19.6 Å². The lowest BCUT2D eigenvalue weighted by molar-refractivity contribution is -0.174. The van der Waals surface area contributed by atoms with E-state index >= 15 is 0 Å². The number of methoxy groups -OCH3 is 1. The van der Waals surface area contributed by atoms with Crippen LogP contribution < -0.4 is 4.74 Å². The molecular formula is C30H30O7. The van der Waals surface area contributed by atoms with Crippen molar-refractivity contribution in [2.45, 2.75) is 38.1 Å². The molecule has 3 aromatic rings. The standard InChI is InChI=1S/C30H30O7/c1-30(34)17-24(31)26(28(32)36-18-20-9-5-3-6-10-20)25(22-13-15-23(35-2)16-14-22)27(30)29(33)37-19-21-11-7-4-8-12-21/h3-16,25-27,34H,17-19H2,1-2H3/t25-,26-,27-,30+/m1/s1. The van der Waals surface area contributed by atoms with Gasteiger partial charge in [0.2, 0.25) is 0 Å². The molecule has 0 radical (unpaired) electrons. The van der Waals surface area contributed by atoms with Crippen LogP contribution in [-0.4, -0.2) is 35.5 Å². The van der Waals surface area contributed by atoms with Crippen molar-refractivity contribution in [2.75, 3.05) is 7.11 Å². The second-order valence-corrected chi connectivity index (χ2v) is 9.44. The monoisotopic (exact) mass is 502 g/mol. The number of hydrogen-bond donors (Lipinski definition) is 1. The fourth-order valence-electron chi connectivity index (χ4n) is 4.88. The molecule has 1 aliphatic carbocycles.